The third kappa shape index (κ3) is 3.54. The van der Waals surface area contributed by atoms with Gasteiger partial charge in [0, 0.05) is 23.7 Å². The number of carbonyl (C=O) groups is 1. The molecule has 1 amide bonds. The van der Waals surface area contributed by atoms with Gasteiger partial charge in [0.2, 0.25) is 11.0 Å². The number of carbonyl (C=O) groups excluding carboxylic acids is 1. The average Bonchev–Trinajstić information content (AvgIpc) is 3.27. The van der Waals surface area contributed by atoms with Gasteiger partial charge in [0.25, 0.3) is 0 Å². The summed E-state index contributed by atoms with van der Waals surface area (Å²) in [5, 5.41) is 6.92. The molecular formula is C20H18N4O2S. The number of hydrogen-bond acceptors (Lipinski definition) is 6. The molecule has 1 aliphatic rings. The van der Waals surface area contributed by atoms with Crippen LogP contribution in [-0.2, 0) is 11.2 Å². The van der Waals surface area contributed by atoms with Gasteiger partial charge in [-0.3, -0.25) is 10.2 Å². The van der Waals surface area contributed by atoms with Crippen LogP contribution in [0.25, 0.3) is 11.3 Å². The van der Waals surface area contributed by atoms with Crippen LogP contribution < -0.4 is 15.1 Å². The molecule has 4 rings (SSSR count). The number of benzene rings is 2. The van der Waals surface area contributed by atoms with E-state index in [1.165, 1.54) is 11.3 Å². The van der Waals surface area contributed by atoms with E-state index in [4.69, 9.17) is 4.74 Å². The molecule has 27 heavy (non-hydrogen) atoms. The first-order valence-electron chi connectivity index (χ1n) is 8.42. The Morgan fingerprint density at radius 2 is 2.07 bits per heavy atom. The first-order chi connectivity index (χ1) is 13.1. The van der Waals surface area contributed by atoms with Crippen LogP contribution in [0.15, 0.2) is 52.9 Å². The SMILES string of the molecule is COc1ccc(/C=N\Nc2nc(-c3ccc4c(c3)CC(=O)N4C)cs2)cc1. The van der Waals surface area contributed by atoms with Crippen molar-refractivity contribution in [3.63, 3.8) is 0 Å². The van der Waals surface area contributed by atoms with Crippen molar-refractivity contribution in [2.45, 2.75) is 6.42 Å². The summed E-state index contributed by atoms with van der Waals surface area (Å²) in [5.41, 5.74) is 7.81. The molecule has 0 spiro atoms. The molecule has 136 valence electrons. The van der Waals surface area contributed by atoms with Crippen molar-refractivity contribution < 1.29 is 9.53 Å². The normalized spacial score (nSPS) is 13.3. The molecule has 0 fully saturated rings. The highest BCUT2D eigenvalue weighted by Crippen LogP contribution is 2.33. The van der Waals surface area contributed by atoms with E-state index in [9.17, 15) is 4.79 Å². The second-order valence-corrected chi connectivity index (χ2v) is 7.01. The molecule has 3 aromatic rings. The largest absolute Gasteiger partial charge is 0.497 e. The number of likely N-dealkylation sites (N-methyl/N-ethyl adjacent to an activating group) is 1. The smallest absolute Gasteiger partial charge is 0.231 e. The summed E-state index contributed by atoms with van der Waals surface area (Å²) in [7, 11) is 3.45. The van der Waals surface area contributed by atoms with Gasteiger partial charge in [-0.2, -0.15) is 5.10 Å². The fraction of sp³-hybridized carbons (Fsp3) is 0.150. The Morgan fingerprint density at radius 3 is 2.85 bits per heavy atom. The summed E-state index contributed by atoms with van der Waals surface area (Å²) in [6.45, 7) is 0. The lowest BCUT2D eigenvalue weighted by atomic mass is 10.1. The molecule has 7 heteroatoms. The zero-order valence-corrected chi connectivity index (χ0v) is 15.8. The minimum atomic E-state index is 0.121. The van der Waals surface area contributed by atoms with Crippen molar-refractivity contribution in [1.29, 1.82) is 0 Å². The van der Waals surface area contributed by atoms with E-state index in [0.717, 1.165) is 33.8 Å². The van der Waals surface area contributed by atoms with E-state index in [0.29, 0.717) is 11.6 Å². The van der Waals surface area contributed by atoms with Crippen LogP contribution in [0.3, 0.4) is 0 Å². The molecule has 0 bridgehead atoms. The van der Waals surface area contributed by atoms with Gasteiger partial charge in [-0.05, 0) is 47.5 Å². The van der Waals surface area contributed by atoms with Crippen molar-refractivity contribution in [2.24, 2.45) is 5.10 Å². The van der Waals surface area contributed by atoms with E-state index < -0.39 is 0 Å². The van der Waals surface area contributed by atoms with Crippen molar-refractivity contribution in [3.05, 3.63) is 59.0 Å². The lowest BCUT2D eigenvalue weighted by molar-refractivity contribution is -0.117. The Bertz CT molecular complexity index is 1010. The highest BCUT2D eigenvalue weighted by atomic mass is 32.1. The standard InChI is InChI=1S/C20H18N4O2S/c1-24-18-8-5-14(9-15(18)10-19(24)25)17-12-27-20(22-17)23-21-11-13-3-6-16(26-2)7-4-13/h3-9,11-12H,10H2,1-2H3,(H,22,23)/b21-11-. The molecular weight excluding hydrogens is 360 g/mol. The van der Waals surface area contributed by atoms with E-state index in [-0.39, 0.29) is 5.91 Å². The second kappa shape index (κ2) is 7.20. The van der Waals surface area contributed by atoms with Gasteiger partial charge in [-0.25, -0.2) is 4.98 Å². The molecule has 0 aliphatic carbocycles. The van der Waals surface area contributed by atoms with Crippen LogP contribution in [0.5, 0.6) is 5.75 Å². The molecule has 0 atom stereocenters. The number of methoxy groups -OCH3 is 1. The number of anilines is 2. The number of amides is 1. The Kier molecular flexibility index (Phi) is 4.60. The molecule has 0 saturated heterocycles. The molecule has 0 saturated carbocycles. The number of nitrogens with zero attached hydrogens (tertiary/aromatic N) is 3. The number of hydrazone groups is 1. The van der Waals surface area contributed by atoms with E-state index in [1.54, 1.807) is 25.3 Å². The van der Waals surface area contributed by atoms with Gasteiger partial charge in [-0.1, -0.05) is 6.07 Å². The van der Waals surface area contributed by atoms with Gasteiger partial charge >= 0.3 is 0 Å². The van der Waals surface area contributed by atoms with Crippen LogP contribution in [0.2, 0.25) is 0 Å². The molecule has 1 N–H and O–H groups in total. The summed E-state index contributed by atoms with van der Waals surface area (Å²) in [6.07, 6.45) is 2.18. The Morgan fingerprint density at radius 1 is 1.26 bits per heavy atom. The van der Waals surface area contributed by atoms with Crippen LogP contribution in [0.4, 0.5) is 10.8 Å². The highest BCUT2D eigenvalue weighted by molar-refractivity contribution is 7.14. The number of rotatable bonds is 5. The fourth-order valence-electron chi connectivity index (χ4n) is 2.94. The van der Waals surface area contributed by atoms with Gasteiger partial charge in [0.05, 0.1) is 25.4 Å². The van der Waals surface area contributed by atoms with Gasteiger partial charge in [0.15, 0.2) is 0 Å². The van der Waals surface area contributed by atoms with Crippen LogP contribution in [0.1, 0.15) is 11.1 Å². The number of nitrogens with one attached hydrogen (secondary N) is 1. The van der Waals surface area contributed by atoms with Crippen molar-refractivity contribution in [3.8, 4) is 17.0 Å². The first kappa shape index (κ1) is 17.2. The third-order valence-electron chi connectivity index (χ3n) is 4.45. The fourth-order valence-corrected chi connectivity index (χ4v) is 3.61. The molecule has 0 radical (unpaired) electrons. The number of aromatic nitrogens is 1. The third-order valence-corrected chi connectivity index (χ3v) is 5.19. The monoisotopic (exact) mass is 378 g/mol. The minimum absolute atomic E-state index is 0.121. The lowest BCUT2D eigenvalue weighted by Crippen LogP contribution is -2.20. The summed E-state index contributed by atoms with van der Waals surface area (Å²) in [4.78, 5) is 18.1. The predicted molar refractivity (Wildman–Crippen MR) is 109 cm³/mol. The predicted octanol–water partition coefficient (Wildman–Crippen LogP) is 3.78. The molecule has 6 nitrogen and oxygen atoms in total. The Hall–Kier alpha value is -3.19. The van der Waals surface area contributed by atoms with Gasteiger partial charge < -0.3 is 9.64 Å². The Labute approximate surface area is 161 Å². The maximum Gasteiger partial charge on any atom is 0.231 e. The highest BCUT2D eigenvalue weighted by Gasteiger charge is 2.24. The van der Waals surface area contributed by atoms with E-state index in [1.807, 2.05) is 47.8 Å². The number of ether oxygens (including phenoxy) is 1. The van der Waals surface area contributed by atoms with Crippen LogP contribution >= 0.6 is 11.3 Å². The topological polar surface area (TPSA) is 66.8 Å². The zero-order valence-electron chi connectivity index (χ0n) is 15.0. The van der Waals surface area contributed by atoms with Gasteiger partial charge in [0.1, 0.15) is 5.75 Å². The summed E-state index contributed by atoms with van der Waals surface area (Å²) >= 11 is 1.49. The van der Waals surface area contributed by atoms with Crippen molar-refractivity contribution in [2.75, 3.05) is 24.5 Å². The van der Waals surface area contributed by atoms with Crippen molar-refractivity contribution >= 4 is 34.3 Å². The van der Waals surface area contributed by atoms with E-state index >= 15 is 0 Å². The summed E-state index contributed by atoms with van der Waals surface area (Å²) in [5.74, 6) is 0.933. The molecule has 0 unspecified atom stereocenters. The Balaban J connectivity index is 1.45. The molecule has 1 aromatic heterocycles. The molecule has 1 aliphatic heterocycles. The number of fused-ring (bicyclic) bond motifs is 1. The zero-order chi connectivity index (χ0) is 18.8. The average molecular weight is 378 g/mol. The maximum atomic E-state index is 11.8. The number of thiazole rings is 1. The van der Waals surface area contributed by atoms with Crippen molar-refractivity contribution in [1.82, 2.24) is 4.98 Å². The van der Waals surface area contributed by atoms with Crippen LogP contribution in [0, 0.1) is 0 Å². The first-order valence-corrected chi connectivity index (χ1v) is 9.30. The van der Waals surface area contributed by atoms with Gasteiger partial charge in [-0.15, -0.1) is 11.3 Å². The van der Waals surface area contributed by atoms with Crippen LogP contribution in [-0.4, -0.2) is 31.3 Å². The quantitative estimate of drug-likeness (QED) is 0.542. The molecule has 2 aromatic carbocycles. The maximum absolute atomic E-state index is 11.8. The molecule has 2 heterocycles. The minimum Gasteiger partial charge on any atom is -0.497 e. The second-order valence-electron chi connectivity index (χ2n) is 6.15. The lowest BCUT2D eigenvalue weighted by Gasteiger charge is -2.09. The number of hydrogen-bond donors (Lipinski definition) is 1. The van der Waals surface area contributed by atoms with E-state index in [2.05, 4.69) is 15.5 Å². The summed E-state index contributed by atoms with van der Waals surface area (Å²) < 4.78 is 5.14. The summed E-state index contributed by atoms with van der Waals surface area (Å²) in [6, 6.07) is 13.6.